The van der Waals surface area contributed by atoms with Gasteiger partial charge in [0.25, 0.3) is 5.91 Å². The number of fused-ring (bicyclic) bond motifs is 1. The Morgan fingerprint density at radius 2 is 2.29 bits per heavy atom. The van der Waals surface area contributed by atoms with Crippen LogP contribution in [0.3, 0.4) is 0 Å². The molecule has 2 aromatic rings. The molecule has 1 atom stereocenters. The standard InChI is InChI=1S/C16H18N4O3S/c1-9-15(22)20(2)12-7-10(3-4-13(12)23-9)11-8-24-16(18-11)19-14(21)5-6-17/h3-4,7-9H,5-6,17H2,1-2H3,(H,18,19,21). The zero-order chi connectivity index (χ0) is 17.3. The minimum atomic E-state index is -0.489. The summed E-state index contributed by atoms with van der Waals surface area (Å²) in [6, 6.07) is 5.57. The van der Waals surface area contributed by atoms with Gasteiger partial charge in [-0.05, 0) is 25.1 Å². The van der Waals surface area contributed by atoms with Crippen LogP contribution >= 0.6 is 11.3 Å². The van der Waals surface area contributed by atoms with Crippen molar-refractivity contribution in [2.75, 3.05) is 23.8 Å². The first kappa shape index (κ1) is 16.4. The van der Waals surface area contributed by atoms with E-state index in [1.54, 1.807) is 18.9 Å². The van der Waals surface area contributed by atoms with E-state index in [1.807, 2.05) is 23.6 Å². The molecule has 126 valence electrons. The Balaban J connectivity index is 1.85. The lowest BCUT2D eigenvalue weighted by Gasteiger charge is -2.30. The fraction of sp³-hybridized carbons (Fsp3) is 0.312. The number of likely N-dealkylation sites (N-methyl/N-ethyl adjacent to an activating group) is 1. The predicted molar refractivity (Wildman–Crippen MR) is 93.4 cm³/mol. The van der Waals surface area contributed by atoms with Gasteiger partial charge in [0, 0.05) is 31.0 Å². The van der Waals surface area contributed by atoms with Crippen LogP contribution in [-0.2, 0) is 9.59 Å². The second kappa shape index (κ2) is 6.58. The molecule has 0 spiro atoms. The number of aromatic nitrogens is 1. The molecule has 2 heterocycles. The topological polar surface area (TPSA) is 97.5 Å². The van der Waals surface area contributed by atoms with Crippen LogP contribution in [0.15, 0.2) is 23.6 Å². The van der Waals surface area contributed by atoms with Crippen molar-refractivity contribution in [2.24, 2.45) is 5.73 Å². The summed E-state index contributed by atoms with van der Waals surface area (Å²) in [5.41, 5.74) is 7.64. The van der Waals surface area contributed by atoms with Crippen LogP contribution < -0.4 is 20.7 Å². The molecule has 24 heavy (non-hydrogen) atoms. The summed E-state index contributed by atoms with van der Waals surface area (Å²) in [6.07, 6.45) is -0.229. The van der Waals surface area contributed by atoms with Crippen molar-refractivity contribution in [3.63, 3.8) is 0 Å². The monoisotopic (exact) mass is 346 g/mol. The van der Waals surface area contributed by atoms with Gasteiger partial charge in [-0.2, -0.15) is 0 Å². The summed E-state index contributed by atoms with van der Waals surface area (Å²) in [5, 5.41) is 5.09. The number of ether oxygens (including phenoxy) is 1. The number of hydrogen-bond donors (Lipinski definition) is 2. The first-order valence-corrected chi connectivity index (χ1v) is 8.41. The minimum absolute atomic E-state index is 0.0901. The maximum atomic E-state index is 12.1. The third-order valence-corrected chi connectivity index (χ3v) is 4.48. The van der Waals surface area contributed by atoms with E-state index < -0.39 is 6.10 Å². The molecule has 3 N–H and O–H groups in total. The third kappa shape index (κ3) is 3.10. The van der Waals surface area contributed by atoms with E-state index in [4.69, 9.17) is 10.5 Å². The summed E-state index contributed by atoms with van der Waals surface area (Å²) < 4.78 is 5.61. The molecule has 0 fully saturated rings. The van der Waals surface area contributed by atoms with Crippen LogP contribution in [0.25, 0.3) is 11.3 Å². The maximum Gasteiger partial charge on any atom is 0.267 e. The van der Waals surface area contributed by atoms with Crippen molar-refractivity contribution < 1.29 is 14.3 Å². The first-order chi connectivity index (χ1) is 11.5. The molecule has 1 aliphatic heterocycles. The van der Waals surface area contributed by atoms with Crippen LogP contribution in [0.2, 0.25) is 0 Å². The van der Waals surface area contributed by atoms with E-state index in [0.717, 1.165) is 11.3 Å². The number of carbonyl (C=O) groups is 2. The van der Waals surface area contributed by atoms with Gasteiger partial charge in [-0.25, -0.2) is 4.98 Å². The lowest BCUT2D eigenvalue weighted by atomic mass is 10.1. The Morgan fingerprint density at radius 1 is 1.50 bits per heavy atom. The molecule has 0 saturated heterocycles. The number of anilines is 2. The van der Waals surface area contributed by atoms with E-state index in [-0.39, 0.29) is 18.2 Å². The van der Waals surface area contributed by atoms with Crippen LogP contribution in [0.5, 0.6) is 5.75 Å². The first-order valence-electron chi connectivity index (χ1n) is 7.53. The molecular weight excluding hydrogens is 328 g/mol. The summed E-state index contributed by atoms with van der Waals surface area (Å²) in [6.45, 7) is 2.03. The van der Waals surface area contributed by atoms with Gasteiger partial charge < -0.3 is 20.7 Å². The van der Waals surface area contributed by atoms with Gasteiger partial charge in [-0.1, -0.05) is 0 Å². The largest absolute Gasteiger partial charge is 0.479 e. The lowest BCUT2D eigenvalue weighted by molar-refractivity contribution is -0.125. The SMILES string of the molecule is CC1Oc2ccc(-c3csc(NC(=O)CCN)n3)cc2N(C)C1=O. The zero-order valence-corrected chi connectivity index (χ0v) is 14.2. The molecule has 1 unspecified atom stereocenters. The quantitative estimate of drug-likeness (QED) is 0.880. The number of nitrogens with zero attached hydrogens (tertiary/aromatic N) is 2. The van der Waals surface area contributed by atoms with E-state index in [0.29, 0.717) is 23.1 Å². The average Bonchev–Trinajstić information content (AvgIpc) is 3.01. The molecule has 7 nitrogen and oxygen atoms in total. The number of rotatable bonds is 4. The number of nitrogens with one attached hydrogen (secondary N) is 1. The molecule has 0 bridgehead atoms. The fourth-order valence-corrected chi connectivity index (χ4v) is 3.18. The Hall–Kier alpha value is -2.45. The Labute approximate surface area is 143 Å². The molecule has 0 aliphatic carbocycles. The van der Waals surface area contributed by atoms with E-state index in [1.165, 1.54) is 11.3 Å². The maximum absolute atomic E-state index is 12.1. The number of benzene rings is 1. The summed E-state index contributed by atoms with van der Waals surface area (Å²) in [5.74, 6) is 0.421. The van der Waals surface area contributed by atoms with Crippen molar-refractivity contribution in [2.45, 2.75) is 19.4 Å². The Bertz CT molecular complexity index is 789. The molecule has 1 aromatic carbocycles. The van der Waals surface area contributed by atoms with E-state index >= 15 is 0 Å². The highest BCUT2D eigenvalue weighted by Crippen LogP contribution is 2.37. The normalized spacial score (nSPS) is 16.5. The van der Waals surface area contributed by atoms with E-state index in [2.05, 4.69) is 10.3 Å². The van der Waals surface area contributed by atoms with Gasteiger partial charge in [-0.15, -0.1) is 11.3 Å². The summed E-state index contributed by atoms with van der Waals surface area (Å²) in [7, 11) is 1.73. The van der Waals surface area contributed by atoms with Crippen molar-refractivity contribution in [1.29, 1.82) is 0 Å². The van der Waals surface area contributed by atoms with Crippen molar-refractivity contribution in [1.82, 2.24) is 4.98 Å². The Kier molecular flexibility index (Phi) is 4.50. The highest BCUT2D eigenvalue weighted by Gasteiger charge is 2.29. The van der Waals surface area contributed by atoms with Crippen molar-refractivity contribution >= 4 is 34.0 Å². The predicted octanol–water partition coefficient (Wildman–Crippen LogP) is 1.84. The van der Waals surface area contributed by atoms with E-state index in [9.17, 15) is 9.59 Å². The van der Waals surface area contributed by atoms with Gasteiger partial charge in [0.1, 0.15) is 5.75 Å². The molecule has 2 amide bonds. The summed E-state index contributed by atoms with van der Waals surface area (Å²) >= 11 is 1.34. The van der Waals surface area contributed by atoms with Gasteiger partial charge in [0.15, 0.2) is 11.2 Å². The Morgan fingerprint density at radius 3 is 3.04 bits per heavy atom. The molecule has 8 heteroatoms. The number of amides is 2. The lowest BCUT2D eigenvalue weighted by Crippen LogP contribution is -2.41. The molecule has 3 rings (SSSR count). The molecular formula is C16H18N4O3S. The van der Waals surface area contributed by atoms with Gasteiger partial charge >= 0.3 is 0 Å². The second-order valence-electron chi connectivity index (χ2n) is 5.46. The third-order valence-electron chi connectivity index (χ3n) is 3.72. The minimum Gasteiger partial charge on any atom is -0.479 e. The molecule has 1 aliphatic rings. The zero-order valence-electron chi connectivity index (χ0n) is 13.4. The van der Waals surface area contributed by atoms with Crippen molar-refractivity contribution in [3.05, 3.63) is 23.6 Å². The number of hydrogen-bond acceptors (Lipinski definition) is 6. The number of nitrogens with two attached hydrogens (primary N) is 1. The smallest absolute Gasteiger partial charge is 0.267 e. The van der Waals surface area contributed by atoms with Crippen LogP contribution in [0, 0.1) is 0 Å². The average molecular weight is 346 g/mol. The molecule has 0 saturated carbocycles. The van der Waals surface area contributed by atoms with Crippen LogP contribution in [0.4, 0.5) is 10.8 Å². The highest BCUT2D eigenvalue weighted by atomic mass is 32.1. The summed E-state index contributed by atoms with van der Waals surface area (Å²) in [4.78, 5) is 29.6. The van der Waals surface area contributed by atoms with Crippen LogP contribution in [0.1, 0.15) is 13.3 Å². The van der Waals surface area contributed by atoms with Gasteiger partial charge in [0.2, 0.25) is 5.91 Å². The highest BCUT2D eigenvalue weighted by molar-refractivity contribution is 7.14. The van der Waals surface area contributed by atoms with Gasteiger partial charge in [0.05, 0.1) is 11.4 Å². The number of thiazole rings is 1. The van der Waals surface area contributed by atoms with Crippen LogP contribution in [-0.4, -0.2) is 36.5 Å². The molecule has 0 radical (unpaired) electrons. The second-order valence-corrected chi connectivity index (χ2v) is 6.32. The van der Waals surface area contributed by atoms with Gasteiger partial charge in [-0.3, -0.25) is 9.59 Å². The fourth-order valence-electron chi connectivity index (χ4n) is 2.45. The molecule has 1 aromatic heterocycles. The number of carbonyl (C=O) groups excluding carboxylic acids is 2. The van der Waals surface area contributed by atoms with Crippen molar-refractivity contribution in [3.8, 4) is 17.0 Å².